The fourth-order valence-electron chi connectivity index (χ4n) is 1.07. The molecule has 0 saturated heterocycles. The molecule has 0 saturated carbocycles. The molecule has 0 spiro atoms. The fourth-order valence-corrected chi connectivity index (χ4v) is 3.57. The summed E-state index contributed by atoms with van der Waals surface area (Å²) < 4.78 is 48.6. The Kier molecular flexibility index (Phi) is 5.04. The summed E-state index contributed by atoms with van der Waals surface area (Å²) in [5.41, 5.74) is 0. The molecule has 1 amide bonds. The molecule has 0 fully saturated rings. The van der Waals surface area contributed by atoms with E-state index < -0.39 is 24.8 Å². The molecular weight excluding hydrogens is 386 g/mol. The minimum absolute atomic E-state index is 0.112. The summed E-state index contributed by atoms with van der Waals surface area (Å²) in [6.45, 7) is -0.112. The third-order valence-electron chi connectivity index (χ3n) is 1.90. The number of carbonyl (C=O) groups is 1. The van der Waals surface area contributed by atoms with Gasteiger partial charge in [-0.2, -0.15) is 0 Å². The van der Waals surface area contributed by atoms with Crippen LogP contribution in [-0.2, 0) is 18.9 Å². The third kappa shape index (κ3) is 5.13. The molecule has 19 heavy (non-hydrogen) atoms. The Balaban J connectivity index is 2.80. The first-order valence-electron chi connectivity index (χ1n) is 4.70. The van der Waals surface area contributed by atoms with Gasteiger partial charge in [0.05, 0.1) is 5.75 Å². The van der Waals surface area contributed by atoms with Crippen molar-refractivity contribution in [2.24, 2.45) is 0 Å². The van der Waals surface area contributed by atoms with Gasteiger partial charge in [-0.1, -0.05) is 0 Å². The van der Waals surface area contributed by atoms with Crippen molar-refractivity contribution in [3.05, 3.63) is 16.5 Å². The molecular formula is C8H9BrClNO6S2. The normalized spacial score (nSPS) is 12.4. The van der Waals surface area contributed by atoms with Gasteiger partial charge in [0.1, 0.15) is 14.7 Å². The zero-order valence-corrected chi connectivity index (χ0v) is 13.5. The van der Waals surface area contributed by atoms with Crippen molar-refractivity contribution in [2.45, 2.75) is 4.90 Å². The molecule has 11 heteroatoms. The van der Waals surface area contributed by atoms with Crippen LogP contribution in [0.15, 0.2) is 20.0 Å². The highest BCUT2D eigenvalue weighted by Gasteiger charge is 2.23. The van der Waals surface area contributed by atoms with E-state index in [9.17, 15) is 21.6 Å². The number of hydrogen-bond donors (Lipinski definition) is 1. The van der Waals surface area contributed by atoms with E-state index in [4.69, 9.17) is 15.1 Å². The van der Waals surface area contributed by atoms with E-state index in [0.717, 1.165) is 12.3 Å². The molecule has 0 aliphatic carbocycles. The van der Waals surface area contributed by atoms with Gasteiger partial charge in [0.15, 0.2) is 10.4 Å². The lowest BCUT2D eigenvalue weighted by Gasteiger charge is -2.01. The minimum Gasteiger partial charge on any atom is -0.443 e. The van der Waals surface area contributed by atoms with Gasteiger partial charge in [-0.3, -0.25) is 4.79 Å². The topological polar surface area (TPSA) is 111 Å². The van der Waals surface area contributed by atoms with Gasteiger partial charge in [0, 0.05) is 29.5 Å². The van der Waals surface area contributed by atoms with Crippen molar-refractivity contribution in [3.63, 3.8) is 0 Å². The van der Waals surface area contributed by atoms with Gasteiger partial charge >= 0.3 is 0 Å². The summed E-state index contributed by atoms with van der Waals surface area (Å²) in [5, 5.41) is 2.28. The Labute approximate surface area is 122 Å². The largest absolute Gasteiger partial charge is 0.443 e. The maximum Gasteiger partial charge on any atom is 0.287 e. The van der Waals surface area contributed by atoms with Gasteiger partial charge in [0.25, 0.3) is 15.0 Å². The maximum atomic E-state index is 11.6. The lowest BCUT2D eigenvalue weighted by atomic mass is 10.4. The van der Waals surface area contributed by atoms with Gasteiger partial charge in [-0.05, 0) is 15.9 Å². The Morgan fingerprint density at radius 1 is 1.42 bits per heavy atom. The van der Waals surface area contributed by atoms with E-state index in [-0.39, 0.29) is 27.6 Å². The van der Waals surface area contributed by atoms with Crippen LogP contribution < -0.4 is 5.32 Å². The van der Waals surface area contributed by atoms with Crippen LogP contribution in [0.5, 0.6) is 0 Å². The van der Waals surface area contributed by atoms with Crippen LogP contribution in [0.4, 0.5) is 0 Å². The first-order chi connectivity index (χ1) is 8.50. The standard InChI is InChI=1S/C8H9BrClNO6S2/c1-18(13,14)3-2-11-8(12)5-4-6(7(9)17-5)19(10,15)16/h4H,2-3H2,1H3,(H,11,12). The second-order valence-electron chi connectivity index (χ2n) is 3.57. The molecule has 108 valence electrons. The minimum atomic E-state index is -4.03. The molecule has 1 rings (SSSR count). The maximum absolute atomic E-state index is 11.6. The van der Waals surface area contributed by atoms with E-state index in [0.29, 0.717) is 0 Å². The second-order valence-corrected chi connectivity index (χ2v) is 9.09. The third-order valence-corrected chi connectivity index (χ3v) is 5.02. The SMILES string of the molecule is CS(=O)(=O)CCNC(=O)c1cc(S(=O)(=O)Cl)c(Br)o1. The number of halogens is 2. The van der Waals surface area contributed by atoms with Crippen LogP contribution in [0.2, 0.25) is 0 Å². The predicted octanol–water partition coefficient (Wildman–Crippen LogP) is 0.744. The average Bonchev–Trinajstić information content (AvgIpc) is 2.57. The molecule has 0 aliphatic heterocycles. The quantitative estimate of drug-likeness (QED) is 0.738. The van der Waals surface area contributed by atoms with Crippen LogP contribution in [-0.4, -0.2) is 41.3 Å². The zero-order valence-electron chi connectivity index (χ0n) is 9.51. The number of sulfone groups is 1. The molecule has 7 nitrogen and oxygen atoms in total. The van der Waals surface area contributed by atoms with E-state index in [1.807, 2.05) is 0 Å². The molecule has 1 N–H and O–H groups in total. The number of furan rings is 1. The Morgan fingerprint density at radius 3 is 2.42 bits per heavy atom. The first kappa shape index (κ1) is 16.5. The molecule has 0 bridgehead atoms. The van der Waals surface area contributed by atoms with Crippen LogP contribution >= 0.6 is 26.6 Å². The van der Waals surface area contributed by atoms with E-state index in [2.05, 4.69) is 21.2 Å². The highest BCUT2D eigenvalue weighted by Crippen LogP contribution is 2.28. The molecule has 0 aliphatic rings. The summed E-state index contributed by atoms with van der Waals surface area (Å²) >= 11 is 2.81. The number of hydrogen-bond acceptors (Lipinski definition) is 6. The molecule has 1 heterocycles. The highest BCUT2D eigenvalue weighted by molar-refractivity contribution is 9.10. The Bertz CT molecular complexity index is 693. The molecule has 0 radical (unpaired) electrons. The van der Waals surface area contributed by atoms with E-state index >= 15 is 0 Å². The van der Waals surface area contributed by atoms with Crippen molar-refractivity contribution >= 4 is 51.4 Å². The molecule has 0 atom stereocenters. The van der Waals surface area contributed by atoms with Crippen molar-refractivity contribution in [1.82, 2.24) is 5.32 Å². The number of carbonyl (C=O) groups excluding carboxylic acids is 1. The summed E-state index contributed by atoms with van der Waals surface area (Å²) in [7, 11) is -2.12. The monoisotopic (exact) mass is 393 g/mol. The van der Waals surface area contributed by atoms with Crippen LogP contribution in [0.1, 0.15) is 10.6 Å². The van der Waals surface area contributed by atoms with Gasteiger partial charge in [-0.25, -0.2) is 16.8 Å². The van der Waals surface area contributed by atoms with Gasteiger partial charge in [0.2, 0.25) is 0 Å². The zero-order chi connectivity index (χ0) is 14.8. The van der Waals surface area contributed by atoms with Crippen LogP contribution in [0.25, 0.3) is 0 Å². The number of rotatable bonds is 5. The van der Waals surface area contributed by atoms with Crippen LogP contribution in [0, 0.1) is 0 Å². The Hall–Kier alpha value is -0.580. The first-order valence-corrected chi connectivity index (χ1v) is 9.87. The summed E-state index contributed by atoms with van der Waals surface area (Å²) in [4.78, 5) is 11.2. The summed E-state index contributed by atoms with van der Waals surface area (Å²) in [6, 6.07) is 0.947. The van der Waals surface area contributed by atoms with E-state index in [1.54, 1.807) is 0 Å². The van der Waals surface area contributed by atoms with Crippen molar-refractivity contribution in [1.29, 1.82) is 0 Å². The average molecular weight is 395 g/mol. The smallest absolute Gasteiger partial charge is 0.287 e. The van der Waals surface area contributed by atoms with Crippen LogP contribution in [0.3, 0.4) is 0 Å². The Morgan fingerprint density at radius 2 is 2.00 bits per heavy atom. The summed E-state index contributed by atoms with van der Waals surface area (Å²) in [5.74, 6) is -1.27. The lowest BCUT2D eigenvalue weighted by molar-refractivity contribution is 0.0927. The predicted molar refractivity (Wildman–Crippen MR) is 71.5 cm³/mol. The molecule has 0 unspecified atom stereocenters. The molecule has 1 aromatic rings. The van der Waals surface area contributed by atoms with Crippen molar-refractivity contribution in [3.8, 4) is 0 Å². The molecule has 1 aromatic heterocycles. The van der Waals surface area contributed by atoms with Gasteiger partial charge < -0.3 is 9.73 Å². The van der Waals surface area contributed by atoms with Crippen molar-refractivity contribution in [2.75, 3.05) is 18.6 Å². The highest BCUT2D eigenvalue weighted by atomic mass is 79.9. The lowest BCUT2D eigenvalue weighted by Crippen LogP contribution is -2.28. The van der Waals surface area contributed by atoms with E-state index in [1.165, 1.54) is 0 Å². The number of amides is 1. The second kappa shape index (κ2) is 5.81. The summed E-state index contributed by atoms with van der Waals surface area (Å²) in [6.07, 6.45) is 1.03. The van der Waals surface area contributed by atoms with Gasteiger partial charge in [-0.15, -0.1) is 0 Å². The molecule has 0 aromatic carbocycles. The number of nitrogens with one attached hydrogen (secondary N) is 1. The fraction of sp³-hybridized carbons (Fsp3) is 0.375. The van der Waals surface area contributed by atoms with Crippen molar-refractivity contribution < 1.29 is 26.0 Å².